The maximum atomic E-state index is 4.00. The second kappa shape index (κ2) is 26.5. The minimum Gasteiger partial charge on any atom is -0.103 e. The molecule has 0 saturated carbocycles. The van der Waals surface area contributed by atoms with Crippen molar-refractivity contribution in [2.75, 3.05) is 0 Å². The van der Waals surface area contributed by atoms with Gasteiger partial charge in [0.25, 0.3) is 0 Å². The van der Waals surface area contributed by atoms with Gasteiger partial charge in [-0.25, -0.2) is 0 Å². The molecule has 0 heteroatoms. The second-order valence-electron chi connectivity index (χ2n) is 9.76. The second-order valence-corrected chi connectivity index (χ2v) is 9.76. The topological polar surface area (TPSA) is 0 Å². The zero-order valence-corrected chi connectivity index (χ0v) is 21.1. The smallest absolute Gasteiger partial charge is 0.0325 e. The standard InChI is InChI=1S/C30H58/c1-4-7-9-11-13-15-17-18-20-22-24-26-29-30(27-6-3)28-25-23-21-19-16-14-12-10-8-5-2/h5-6,30H,2-4,7-29H2,1H3. The largest absolute Gasteiger partial charge is 0.103 e. The summed E-state index contributed by atoms with van der Waals surface area (Å²) in [5.41, 5.74) is 0. The summed E-state index contributed by atoms with van der Waals surface area (Å²) in [6, 6.07) is 0. The Morgan fingerprint density at radius 2 is 0.833 bits per heavy atom. The van der Waals surface area contributed by atoms with E-state index in [4.69, 9.17) is 0 Å². The SMILES string of the molecule is C=CCCCCCCCCCCC(CC=C)CCCCCCCCCCCCCC. The van der Waals surface area contributed by atoms with E-state index in [2.05, 4.69) is 32.2 Å². The monoisotopic (exact) mass is 418 g/mol. The van der Waals surface area contributed by atoms with Crippen molar-refractivity contribution in [2.24, 2.45) is 5.92 Å². The van der Waals surface area contributed by atoms with Crippen LogP contribution in [0.4, 0.5) is 0 Å². The first-order valence-electron chi connectivity index (χ1n) is 14.1. The molecule has 0 aliphatic carbocycles. The highest BCUT2D eigenvalue weighted by Crippen LogP contribution is 2.22. The summed E-state index contributed by atoms with van der Waals surface area (Å²) < 4.78 is 0. The van der Waals surface area contributed by atoms with Crippen molar-refractivity contribution >= 4 is 0 Å². The maximum Gasteiger partial charge on any atom is -0.0325 e. The Hall–Kier alpha value is -0.520. The molecule has 0 aromatic heterocycles. The predicted molar refractivity (Wildman–Crippen MR) is 140 cm³/mol. The van der Waals surface area contributed by atoms with Gasteiger partial charge in [0, 0.05) is 0 Å². The number of hydrogen-bond donors (Lipinski definition) is 0. The molecule has 0 radical (unpaired) electrons. The van der Waals surface area contributed by atoms with Crippen molar-refractivity contribution in [1.82, 2.24) is 0 Å². The first kappa shape index (κ1) is 29.5. The molecule has 0 aliphatic heterocycles. The van der Waals surface area contributed by atoms with Crippen molar-refractivity contribution in [1.29, 1.82) is 0 Å². The summed E-state index contributed by atoms with van der Waals surface area (Å²) in [5, 5.41) is 0. The lowest BCUT2D eigenvalue weighted by molar-refractivity contribution is 0.405. The van der Waals surface area contributed by atoms with E-state index in [1.54, 1.807) is 0 Å². The fourth-order valence-electron chi connectivity index (χ4n) is 4.67. The van der Waals surface area contributed by atoms with Crippen LogP contribution >= 0.6 is 0 Å². The lowest BCUT2D eigenvalue weighted by Crippen LogP contribution is -1.99. The van der Waals surface area contributed by atoms with Gasteiger partial charge >= 0.3 is 0 Å². The number of rotatable bonds is 26. The zero-order valence-electron chi connectivity index (χ0n) is 21.1. The highest BCUT2D eigenvalue weighted by Gasteiger charge is 2.06. The average molecular weight is 419 g/mol. The van der Waals surface area contributed by atoms with Crippen molar-refractivity contribution in [3.8, 4) is 0 Å². The van der Waals surface area contributed by atoms with E-state index in [1.165, 1.54) is 154 Å². The van der Waals surface area contributed by atoms with Crippen LogP contribution in [0, 0.1) is 5.92 Å². The minimum absolute atomic E-state index is 0.907. The van der Waals surface area contributed by atoms with Gasteiger partial charge in [0.15, 0.2) is 0 Å². The van der Waals surface area contributed by atoms with E-state index in [-0.39, 0.29) is 0 Å². The fraction of sp³-hybridized carbons (Fsp3) is 0.867. The van der Waals surface area contributed by atoms with Gasteiger partial charge in [-0.05, 0) is 25.2 Å². The average Bonchev–Trinajstić information content (AvgIpc) is 2.75. The van der Waals surface area contributed by atoms with Crippen LogP contribution in [-0.4, -0.2) is 0 Å². The van der Waals surface area contributed by atoms with Crippen molar-refractivity contribution in [3.63, 3.8) is 0 Å². The summed E-state index contributed by atoms with van der Waals surface area (Å²) in [6.07, 6.45) is 38.3. The predicted octanol–water partition coefficient (Wildman–Crippen LogP) is 11.4. The molecule has 0 aliphatic rings. The van der Waals surface area contributed by atoms with Gasteiger partial charge in [0.1, 0.15) is 0 Å². The van der Waals surface area contributed by atoms with Crippen LogP contribution in [0.5, 0.6) is 0 Å². The molecule has 0 aromatic rings. The molecule has 1 unspecified atom stereocenters. The lowest BCUT2D eigenvalue weighted by atomic mass is 9.91. The van der Waals surface area contributed by atoms with Gasteiger partial charge in [-0.15, -0.1) is 13.2 Å². The molecular weight excluding hydrogens is 360 g/mol. The molecule has 30 heavy (non-hydrogen) atoms. The van der Waals surface area contributed by atoms with Gasteiger partial charge in [0.05, 0.1) is 0 Å². The van der Waals surface area contributed by atoms with E-state index in [1.807, 2.05) is 0 Å². The molecule has 0 heterocycles. The Morgan fingerprint density at radius 1 is 0.467 bits per heavy atom. The number of unbranched alkanes of at least 4 members (excludes halogenated alkanes) is 19. The highest BCUT2D eigenvalue weighted by atomic mass is 14.1. The summed E-state index contributed by atoms with van der Waals surface area (Å²) in [5.74, 6) is 0.907. The molecule has 0 saturated heterocycles. The van der Waals surface area contributed by atoms with Crippen LogP contribution in [0.15, 0.2) is 25.3 Å². The maximum absolute atomic E-state index is 4.00. The molecule has 1 atom stereocenters. The Balaban J connectivity index is 3.41. The van der Waals surface area contributed by atoms with Gasteiger partial charge in [0.2, 0.25) is 0 Å². The Kier molecular flexibility index (Phi) is 26.1. The quantitative estimate of drug-likeness (QED) is 0.0967. The van der Waals surface area contributed by atoms with E-state index < -0.39 is 0 Å². The third-order valence-corrected chi connectivity index (χ3v) is 6.74. The van der Waals surface area contributed by atoms with Crippen molar-refractivity contribution in [2.45, 2.75) is 161 Å². The van der Waals surface area contributed by atoms with Crippen LogP contribution < -0.4 is 0 Å². The summed E-state index contributed by atoms with van der Waals surface area (Å²) in [7, 11) is 0. The molecular formula is C30H58. The first-order chi connectivity index (χ1) is 14.8. The molecule has 0 N–H and O–H groups in total. The van der Waals surface area contributed by atoms with Crippen LogP contribution in [0.1, 0.15) is 161 Å². The van der Waals surface area contributed by atoms with E-state index >= 15 is 0 Å². The molecule has 0 bridgehead atoms. The third kappa shape index (κ3) is 23.8. The van der Waals surface area contributed by atoms with Gasteiger partial charge < -0.3 is 0 Å². The number of allylic oxidation sites excluding steroid dienone is 2. The molecule has 0 fully saturated rings. The van der Waals surface area contributed by atoms with Gasteiger partial charge in [-0.1, -0.05) is 154 Å². The molecule has 0 rings (SSSR count). The van der Waals surface area contributed by atoms with Crippen molar-refractivity contribution < 1.29 is 0 Å². The van der Waals surface area contributed by atoms with E-state index in [0.717, 1.165) is 5.92 Å². The highest BCUT2D eigenvalue weighted by molar-refractivity contribution is 4.73. The minimum atomic E-state index is 0.907. The summed E-state index contributed by atoms with van der Waals surface area (Å²) in [4.78, 5) is 0. The normalized spacial score (nSPS) is 12.2. The Labute approximate surface area is 192 Å². The summed E-state index contributed by atoms with van der Waals surface area (Å²) >= 11 is 0. The summed E-state index contributed by atoms with van der Waals surface area (Å²) in [6.45, 7) is 10.1. The fourth-order valence-corrected chi connectivity index (χ4v) is 4.67. The van der Waals surface area contributed by atoms with Crippen molar-refractivity contribution in [3.05, 3.63) is 25.3 Å². The van der Waals surface area contributed by atoms with Gasteiger partial charge in [-0.2, -0.15) is 0 Å². The van der Waals surface area contributed by atoms with Crippen LogP contribution in [0.3, 0.4) is 0 Å². The van der Waals surface area contributed by atoms with E-state index in [0.29, 0.717) is 0 Å². The van der Waals surface area contributed by atoms with Crippen LogP contribution in [0.2, 0.25) is 0 Å². The van der Waals surface area contributed by atoms with Gasteiger partial charge in [-0.3, -0.25) is 0 Å². The van der Waals surface area contributed by atoms with E-state index in [9.17, 15) is 0 Å². The number of hydrogen-bond acceptors (Lipinski definition) is 0. The zero-order chi connectivity index (χ0) is 22.0. The molecule has 0 spiro atoms. The third-order valence-electron chi connectivity index (χ3n) is 6.74. The Morgan fingerprint density at radius 3 is 1.20 bits per heavy atom. The molecule has 178 valence electrons. The Bertz CT molecular complexity index is 329. The first-order valence-corrected chi connectivity index (χ1v) is 14.1. The lowest BCUT2D eigenvalue weighted by Gasteiger charge is -2.15. The molecule has 0 nitrogen and oxygen atoms in total. The van der Waals surface area contributed by atoms with Crippen LogP contribution in [0.25, 0.3) is 0 Å². The molecule has 0 aromatic carbocycles. The van der Waals surface area contributed by atoms with Crippen LogP contribution in [-0.2, 0) is 0 Å². The molecule has 0 amide bonds.